The van der Waals surface area contributed by atoms with Crippen molar-refractivity contribution in [2.45, 2.75) is 32.2 Å². The van der Waals surface area contributed by atoms with Crippen molar-refractivity contribution in [3.63, 3.8) is 0 Å². The van der Waals surface area contributed by atoms with Gasteiger partial charge in [0.2, 0.25) is 5.88 Å². The van der Waals surface area contributed by atoms with Gasteiger partial charge in [0.15, 0.2) is 0 Å². The topological polar surface area (TPSA) is 73.1 Å². The molecule has 0 N–H and O–H groups in total. The molecule has 0 aliphatic carbocycles. The predicted octanol–water partition coefficient (Wildman–Crippen LogP) is 4.84. The molecule has 2 aromatic heterocycles. The molecule has 3 heterocycles. The van der Waals surface area contributed by atoms with E-state index in [9.17, 15) is 4.79 Å². The van der Waals surface area contributed by atoms with Crippen LogP contribution >= 0.6 is 0 Å². The van der Waals surface area contributed by atoms with E-state index in [0.29, 0.717) is 24.5 Å². The number of aryl methyl sites for hydroxylation is 1. The lowest BCUT2D eigenvalue weighted by Gasteiger charge is -2.33. The maximum absolute atomic E-state index is 13.6. The molecule has 2 aromatic carbocycles. The van der Waals surface area contributed by atoms with Crippen LogP contribution in [0.25, 0.3) is 0 Å². The zero-order valence-corrected chi connectivity index (χ0v) is 19.2. The van der Waals surface area contributed by atoms with Gasteiger partial charge in [-0.25, -0.2) is 4.98 Å². The number of hydrogen-bond acceptors (Lipinski definition) is 5. The summed E-state index contributed by atoms with van der Waals surface area (Å²) in [5.41, 5.74) is 3.51. The first kappa shape index (κ1) is 21.8. The predicted molar refractivity (Wildman–Crippen MR) is 129 cm³/mol. The lowest BCUT2D eigenvalue weighted by Crippen LogP contribution is -2.39. The van der Waals surface area contributed by atoms with Crippen molar-refractivity contribution in [3.8, 4) is 11.6 Å². The largest absolute Gasteiger partial charge is 0.437 e. The van der Waals surface area contributed by atoms with Crippen molar-refractivity contribution in [2.75, 3.05) is 13.1 Å². The Labute approximate surface area is 199 Å². The highest BCUT2D eigenvalue weighted by molar-refractivity contribution is 5.95. The molecule has 172 valence electrons. The highest BCUT2D eigenvalue weighted by atomic mass is 16.5. The third kappa shape index (κ3) is 4.69. The molecular formula is C27H27N5O2. The van der Waals surface area contributed by atoms with Crippen LogP contribution in [0, 0.1) is 6.92 Å². The molecule has 0 radical (unpaired) electrons. The van der Waals surface area contributed by atoms with Gasteiger partial charge in [-0.3, -0.25) is 14.5 Å². The summed E-state index contributed by atoms with van der Waals surface area (Å²) in [7, 11) is 0. The summed E-state index contributed by atoms with van der Waals surface area (Å²) in [6.45, 7) is 3.87. The fourth-order valence-corrected chi connectivity index (χ4v) is 4.46. The maximum Gasteiger partial charge on any atom is 0.254 e. The second-order valence-corrected chi connectivity index (χ2v) is 8.57. The van der Waals surface area contributed by atoms with Crippen LogP contribution in [0.15, 0.2) is 79.4 Å². The van der Waals surface area contributed by atoms with Crippen LogP contribution in [0.3, 0.4) is 0 Å². The molecule has 7 nitrogen and oxygen atoms in total. The molecule has 1 amide bonds. The van der Waals surface area contributed by atoms with Crippen LogP contribution in [-0.2, 0) is 6.54 Å². The van der Waals surface area contributed by atoms with E-state index < -0.39 is 0 Å². The standard InChI is InChI=1S/C27H27N5O2/c1-20-8-2-5-12-24(20)34-26-25(28-14-15-29-26)22-10-6-16-31(18-22)27(33)23-11-4-3-9-21(23)19-32-17-7-13-30-32/h2-5,7-9,11-15,17,22H,6,10,16,18-19H2,1H3/t22-/m1/s1. The summed E-state index contributed by atoms with van der Waals surface area (Å²) in [5, 5.41) is 4.29. The molecule has 5 rings (SSSR count). The first-order valence-corrected chi connectivity index (χ1v) is 11.6. The second-order valence-electron chi connectivity index (χ2n) is 8.57. The normalized spacial score (nSPS) is 15.8. The summed E-state index contributed by atoms with van der Waals surface area (Å²) in [5.74, 6) is 1.37. The zero-order chi connectivity index (χ0) is 23.3. The van der Waals surface area contributed by atoms with E-state index >= 15 is 0 Å². The number of ether oxygens (including phenoxy) is 1. The third-order valence-corrected chi connectivity index (χ3v) is 6.23. The van der Waals surface area contributed by atoms with Gasteiger partial charge >= 0.3 is 0 Å². The molecule has 1 atom stereocenters. The quantitative estimate of drug-likeness (QED) is 0.418. The van der Waals surface area contributed by atoms with E-state index in [1.165, 1.54) is 0 Å². The van der Waals surface area contributed by atoms with Gasteiger partial charge < -0.3 is 9.64 Å². The Hall–Kier alpha value is -4.00. The SMILES string of the molecule is Cc1ccccc1Oc1nccnc1[C@@H]1CCCN(C(=O)c2ccccc2Cn2cccn2)C1. The fraction of sp³-hybridized carbons (Fsp3) is 0.259. The molecule has 1 saturated heterocycles. The summed E-state index contributed by atoms with van der Waals surface area (Å²) in [6, 6.07) is 17.5. The Kier molecular flexibility index (Phi) is 6.33. The van der Waals surface area contributed by atoms with Gasteiger partial charge in [-0.1, -0.05) is 36.4 Å². The van der Waals surface area contributed by atoms with Gasteiger partial charge in [-0.05, 0) is 49.1 Å². The van der Waals surface area contributed by atoms with Crippen LogP contribution in [0.4, 0.5) is 0 Å². The number of aromatic nitrogens is 4. The van der Waals surface area contributed by atoms with E-state index in [0.717, 1.165) is 42.0 Å². The maximum atomic E-state index is 13.6. The summed E-state index contributed by atoms with van der Waals surface area (Å²) < 4.78 is 8.00. The number of nitrogens with zero attached hydrogens (tertiary/aromatic N) is 5. The summed E-state index contributed by atoms with van der Waals surface area (Å²) in [4.78, 5) is 24.6. The monoisotopic (exact) mass is 453 g/mol. The zero-order valence-electron chi connectivity index (χ0n) is 19.2. The highest BCUT2D eigenvalue weighted by Gasteiger charge is 2.29. The Morgan fingerprint density at radius 1 is 1.03 bits per heavy atom. The number of piperidine rings is 1. The van der Waals surface area contributed by atoms with E-state index in [1.54, 1.807) is 18.6 Å². The average molecular weight is 454 g/mol. The Bertz CT molecular complexity index is 1270. The van der Waals surface area contributed by atoms with Gasteiger partial charge in [-0.15, -0.1) is 0 Å². The number of likely N-dealkylation sites (tertiary alicyclic amines) is 1. The second kappa shape index (κ2) is 9.87. The number of benzene rings is 2. The van der Waals surface area contributed by atoms with Gasteiger partial charge in [-0.2, -0.15) is 5.10 Å². The smallest absolute Gasteiger partial charge is 0.254 e. The highest BCUT2D eigenvalue weighted by Crippen LogP contribution is 2.34. The van der Waals surface area contributed by atoms with Crippen molar-refractivity contribution in [2.24, 2.45) is 0 Å². The van der Waals surface area contributed by atoms with Crippen LogP contribution in [-0.4, -0.2) is 43.6 Å². The number of amides is 1. The van der Waals surface area contributed by atoms with Crippen molar-refractivity contribution in [1.82, 2.24) is 24.6 Å². The van der Waals surface area contributed by atoms with E-state index in [4.69, 9.17) is 4.74 Å². The molecular weight excluding hydrogens is 426 g/mol. The first-order valence-electron chi connectivity index (χ1n) is 11.6. The van der Waals surface area contributed by atoms with Crippen molar-refractivity contribution < 1.29 is 9.53 Å². The first-order chi connectivity index (χ1) is 16.7. The number of para-hydroxylation sites is 1. The van der Waals surface area contributed by atoms with Gasteiger partial charge in [0.1, 0.15) is 11.4 Å². The van der Waals surface area contributed by atoms with Crippen molar-refractivity contribution in [3.05, 3.63) is 102 Å². The summed E-state index contributed by atoms with van der Waals surface area (Å²) in [6.07, 6.45) is 8.83. The molecule has 0 bridgehead atoms. The van der Waals surface area contributed by atoms with Crippen LogP contribution in [0.5, 0.6) is 11.6 Å². The van der Waals surface area contributed by atoms with Gasteiger partial charge in [0.25, 0.3) is 5.91 Å². The lowest BCUT2D eigenvalue weighted by atomic mass is 9.93. The third-order valence-electron chi connectivity index (χ3n) is 6.23. The van der Waals surface area contributed by atoms with Gasteiger partial charge in [0, 0.05) is 49.4 Å². The van der Waals surface area contributed by atoms with E-state index in [-0.39, 0.29) is 11.8 Å². The molecule has 0 unspecified atom stereocenters. The minimum absolute atomic E-state index is 0.0396. The molecule has 4 aromatic rings. The van der Waals surface area contributed by atoms with Crippen LogP contribution in [0.2, 0.25) is 0 Å². The molecule has 1 aliphatic heterocycles. The van der Waals surface area contributed by atoms with Crippen LogP contribution < -0.4 is 4.74 Å². The lowest BCUT2D eigenvalue weighted by molar-refractivity contribution is 0.0703. The number of hydrogen-bond donors (Lipinski definition) is 0. The number of carbonyl (C=O) groups is 1. The van der Waals surface area contributed by atoms with Crippen molar-refractivity contribution in [1.29, 1.82) is 0 Å². The molecule has 7 heteroatoms. The Morgan fingerprint density at radius 2 is 1.85 bits per heavy atom. The molecule has 0 spiro atoms. The minimum atomic E-state index is 0.0396. The molecule has 0 saturated carbocycles. The molecule has 34 heavy (non-hydrogen) atoms. The van der Waals surface area contributed by atoms with E-state index in [2.05, 4.69) is 15.1 Å². The number of carbonyl (C=O) groups excluding carboxylic acids is 1. The van der Waals surface area contributed by atoms with E-state index in [1.807, 2.05) is 77.3 Å². The minimum Gasteiger partial charge on any atom is -0.437 e. The average Bonchev–Trinajstić information content (AvgIpc) is 3.39. The Morgan fingerprint density at radius 3 is 2.71 bits per heavy atom. The fourth-order valence-electron chi connectivity index (χ4n) is 4.46. The molecule has 1 fully saturated rings. The molecule has 1 aliphatic rings. The number of rotatable bonds is 6. The van der Waals surface area contributed by atoms with Crippen molar-refractivity contribution >= 4 is 5.91 Å². The summed E-state index contributed by atoms with van der Waals surface area (Å²) >= 11 is 0. The Balaban J connectivity index is 1.37. The van der Waals surface area contributed by atoms with Gasteiger partial charge in [0.05, 0.1) is 6.54 Å². The van der Waals surface area contributed by atoms with Crippen LogP contribution in [0.1, 0.15) is 45.9 Å².